The second kappa shape index (κ2) is 18.1. The zero-order valence-corrected chi connectivity index (χ0v) is 19.0. The molecule has 0 amide bonds. The minimum absolute atomic E-state index is 0.0403. The Balaban J connectivity index is 1.87. The predicted molar refractivity (Wildman–Crippen MR) is 121 cm³/mol. The highest BCUT2D eigenvalue weighted by atomic mass is 16.4. The lowest BCUT2D eigenvalue weighted by atomic mass is 9.93. The van der Waals surface area contributed by atoms with Crippen molar-refractivity contribution in [1.82, 2.24) is 10.6 Å². The molecule has 172 valence electrons. The van der Waals surface area contributed by atoms with Crippen LogP contribution in [0.1, 0.15) is 116 Å². The van der Waals surface area contributed by atoms with Crippen LogP contribution in [0.2, 0.25) is 0 Å². The maximum atomic E-state index is 11.4. The van der Waals surface area contributed by atoms with Crippen molar-refractivity contribution in [2.75, 3.05) is 13.2 Å². The Labute approximate surface area is 179 Å². The molecule has 29 heavy (non-hydrogen) atoms. The van der Waals surface area contributed by atoms with Crippen LogP contribution in [0, 0.1) is 5.92 Å². The lowest BCUT2D eigenvalue weighted by molar-refractivity contribution is -0.142. The SMILES string of the molecule is CCCCCCCCCCCCCCC(O)CCCCC(C(=O)O)C1CNCN1. The van der Waals surface area contributed by atoms with Gasteiger partial charge in [-0.1, -0.05) is 96.8 Å². The lowest BCUT2D eigenvalue weighted by Gasteiger charge is -2.19. The Hall–Kier alpha value is -0.650. The molecule has 0 aromatic carbocycles. The van der Waals surface area contributed by atoms with Crippen LogP contribution < -0.4 is 10.6 Å². The van der Waals surface area contributed by atoms with Crippen molar-refractivity contribution >= 4 is 5.97 Å². The second-order valence-corrected chi connectivity index (χ2v) is 9.00. The summed E-state index contributed by atoms with van der Waals surface area (Å²) in [6.45, 7) is 3.70. The Kier molecular flexibility index (Phi) is 16.5. The quantitative estimate of drug-likeness (QED) is 0.206. The highest BCUT2D eigenvalue weighted by Gasteiger charge is 2.29. The summed E-state index contributed by atoms with van der Waals surface area (Å²) in [6.07, 6.45) is 20.1. The van der Waals surface area contributed by atoms with Gasteiger partial charge in [-0.15, -0.1) is 0 Å². The van der Waals surface area contributed by atoms with E-state index in [0.29, 0.717) is 13.1 Å². The van der Waals surface area contributed by atoms with Gasteiger partial charge in [0, 0.05) is 19.3 Å². The van der Waals surface area contributed by atoms with E-state index in [0.717, 1.165) is 38.6 Å². The smallest absolute Gasteiger partial charge is 0.308 e. The molecule has 1 aliphatic heterocycles. The van der Waals surface area contributed by atoms with Crippen LogP contribution in [-0.4, -0.2) is 41.5 Å². The molecule has 0 aromatic rings. The van der Waals surface area contributed by atoms with Crippen LogP contribution in [0.25, 0.3) is 0 Å². The number of rotatable bonds is 20. The maximum Gasteiger partial charge on any atom is 0.308 e. The summed E-state index contributed by atoms with van der Waals surface area (Å²) >= 11 is 0. The van der Waals surface area contributed by atoms with Crippen molar-refractivity contribution in [2.24, 2.45) is 5.92 Å². The van der Waals surface area contributed by atoms with Gasteiger partial charge in [-0.25, -0.2) is 0 Å². The normalized spacial score (nSPS) is 18.8. The molecule has 4 N–H and O–H groups in total. The molecular formula is C24H48N2O3. The van der Waals surface area contributed by atoms with Crippen LogP contribution in [0.15, 0.2) is 0 Å². The van der Waals surface area contributed by atoms with E-state index in [4.69, 9.17) is 0 Å². The molecule has 3 unspecified atom stereocenters. The van der Waals surface area contributed by atoms with Crippen molar-refractivity contribution in [1.29, 1.82) is 0 Å². The van der Waals surface area contributed by atoms with E-state index in [2.05, 4.69) is 17.6 Å². The van der Waals surface area contributed by atoms with E-state index in [1.165, 1.54) is 70.6 Å². The van der Waals surface area contributed by atoms with Crippen LogP contribution in [0.4, 0.5) is 0 Å². The van der Waals surface area contributed by atoms with Crippen molar-refractivity contribution in [3.05, 3.63) is 0 Å². The first-order valence-electron chi connectivity index (χ1n) is 12.5. The van der Waals surface area contributed by atoms with Crippen LogP contribution >= 0.6 is 0 Å². The molecule has 0 saturated carbocycles. The van der Waals surface area contributed by atoms with Gasteiger partial charge in [-0.05, 0) is 19.3 Å². The number of carbonyl (C=O) groups is 1. The molecule has 0 bridgehead atoms. The number of aliphatic hydroxyl groups is 1. The Bertz CT molecular complexity index is 386. The summed E-state index contributed by atoms with van der Waals surface area (Å²) in [5.41, 5.74) is 0. The number of nitrogens with one attached hydrogen (secondary N) is 2. The number of aliphatic hydroxyl groups excluding tert-OH is 1. The molecule has 1 saturated heterocycles. The first kappa shape index (κ1) is 26.4. The van der Waals surface area contributed by atoms with Crippen LogP contribution in [0.3, 0.4) is 0 Å². The zero-order chi connectivity index (χ0) is 21.2. The van der Waals surface area contributed by atoms with E-state index in [-0.39, 0.29) is 18.1 Å². The van der Waals surface area contributed by atoms with Gasteiger partial charge in [0.2, 0.25) is 0 Å². The summed E-state index contributed by atoms with van der Waals surface area (Å²) < 4.78 is 0. The van der Waals surface area contributed by atoms with Gasteiger partial charge in [0.05, 0.1) is 12.0 Å². The van der Waals surface area contributed by atoms with Gasteiger partial charge < -0.3 is 15.5 Å². The maximum absolute atomic E-state index is 11.4. The van der Waals surface area contributed by atoms with Crippen molar-refractivity contribution in [3.8, 4) is 0 Å². The molecule has 0 radical (unpaired) electrons. The van der Waals surface area contributed by atoms with E-state index in [1.54, 1.807) is 0 Å². The van der Waals surface area contributed by atoms with E-state index < -0.39 is 5.97 Å². The minimum atomic E-state index is -0.705. The number of carboxylic acid groups (broad SMARTS) is 1. The average molecular weight is 413 g/mol. The van der Waals surface area contributed by atoms with Gasteiger partial charge in [0.25, 0.3) is 0 Å². The van der Waals surface area contributed by atoms with E-state index >= 15 is 0 Å². The topological polar surface area (TPSA) is 81.6 Å². The number of unbranched alkanes of at least 4 members (excludes halogenated alkanes) is 12. The number of hydrogen-bond donors (Lipinski definition) is 4. The molecular weight excluding hydrogens is 364 g/mol. The number of aliphatic carboxylic acids is 1. The third kappa shape index (κ3) is 14.1. The average Bonchev–Trinajstić information content (AvgIpc) is 3.22. The molecule has 1 heterocycles. The first-order chi connectivity index (χ1) is 14.1. The lowest BCUT2D eigenvalue weighted by Crippen LogP contribution is -2.37. The summed E-state index contributed by atoms with van der Waals surface area (Å²) in [5, 5.41) is 25.9. The Morgan fingerprint density at radius 1 is 0.828 bits per heavy atom. The minimum Gasteiger partial charge on any atom is -0.481 e. The summed E-state index contributed by atoms with van der Waals surface area (Å²) in [7, 11) is 0. The molecule has 0 aromatic heterocycles. The number of carboxylic acids is 1. The summed E-state index contributed by atoms with van der Waals surface area (Å²) in [6, 6.07) is 0.0403. The molecule has 1 aliphatic rings. The fourth-order valence-corrected chi connectivity index (χ4v) is 4.39. The van der Waals surface area contributed by atoms with Gasteiger partial charge in [0.15, 0.2) is 0 Å². The molecule has 0 spiro atoms. The van der Waals surface area contributed by atoms with Crippen LogP contribution in [-0.2, 0) is 4.79 Å². The van der Waals surface area contributed by atoms with Crippen LogP contribution in [0.5, 0.6) is 0 Å². The fraction of sp³-hybridized carbons (Fsp3) is 0.958. The zero-order valence-electron chi connectivity index (χ0n) is 19.0. The molecule has 3 atom stereocenters. The van der Waals surface area contributed by atoms with Gasteiger partial charge in [-0.2, -0.15) is 0 Å². The van der Waals surface area contributed by atoms with Gasteiger partial charge >= 0.3 is 5.97 Å². The predicted octanol–water partition coefficient (Wildman–Crippen LogP) is 5.22. The molecule has 5 heteroatoms. The third-order valence-corrected chi connectivity index (χ3v) is 6.35. The molecule has 1 fully saturated rings. The summed E-state index contributed by atoms with van der Waals surface area (Å²) in [5.74, 6) is -1.03. The van der Waals surface area contributed by atoms with Crippen molar-refractivity contribution in [2.45, 2.75) is 128 Å². The van der Waals surface area contributed by atoms with E-state index in [1.807, 2.05) is 0 Å². The van der Waals surface area contributed by atoms with Crippen molar-refractivity contribution < 1.29 is 15.0 Å². The molecule has 0 aliphatic carbocycles. The second-order valence-electron chi connectivity index (χ2n) is 9.00. The van der Waals surface area contributed by atoms with Gasteiger partial charge in [-0.3, -0.25) is 10.1 Å². The van der Waals surface area contributed by atoms with E-state index in [9.17, 15) is 15.0 Å². The number of hydrogen-bond acceptors (Lipinski definition) is 4. The highest BCUT2D eigenvalue weighted by molar-refractivity contribution is 5.71. The Morgan fingerprint density at radius 3 is 1.79 bits per heavy atom. The standard InChI is InChI=1S/C24H48N2O3/c1-2-3-4-5-6-7-8-9-10-11-12-13-16-21(27)17-14-15-18-22(24(28)29)23-19-25-20-26-23/h21-23,25-27H,2-20H2,1H3,(H,28,29). The molecule has 5 nitrogen and oxygen atoms in total. The Morgan fingerprint density at radius 2 is 1.31 bits per heavy atom. The fourth-order valence-electron chi connectivity index (χ4n) is 4.39. The van der Waals surface area contributed by atoms with Crippen molar-refractivity contribution in [3.63, 3.8) is 0 Å². The monoisotopic (exact) mass is 412 g/mol. The van der Waals surface area contributed by atoms with Gasteiger partial charge in [0.1, 0.15) is 0 Å². The largest absolute Gasteiger partial charge is 0.481 e. The highest BCUT2D eigenvalue weighted by Crippen LogP contribution is 2.18. The summed E-state index contributed by atoms with van der Waals surface area (Å²) in [4.78, 5) is 11.4. The molecule has 1 rings (SSSR count). The first-order valence-corrected chi connectivity index (χ1v) is 12.5. The third-order valence-electron chi connectivity index (χ3n) is 6.35.